The first-order valence-electron chi connectivity index (χ1n) is 6.01. The fourth-order valence-corrected chi connectivity index (χ4v) is 2.59. The smallest absolute Gasteiger partial charge is 0.179 e. The van der Waals surface area contributed by atoms with Crippen molar-refractivity contribution in [2.24, 2.45) is 0 Å². The first kappa shape index (κ1) is 12.2. The standard InChI is InChI=1S/C15H13BrN2O/c1-19-14-6-3-7-18-10-13(17-15(14)18)9-11-4-2-5-12(16)8-11/h2-8,10H,9H2,1H3. The number of hydrogen-bond donors (Lipinski definition) is 0. The van der Waals surface area contributed by atoms with Crippen LogP contribution in [0.25, 0.3) is 5.65 Å². The molecule has 19 heavy (non-hydrogen) atoms. The Hall–Kier alpha value is -1.81. The molecule has 0 aliphatic heterocycles. The van der Waals surface area contributed by atoms with E-state index in [0.29, 0.717) is 0 Å². The number of halogens is 1. The highest BCUT2D eigenvalue weighted by Gasteiger charge is 2.07. The Morgan fingerprint density at radius 3 is 2.95 bits per heavy atom. The molecule has 0 radical (unpaired) electrons. The van der Waals surface area contributed by atoms with Crippen LogP contribution in [0.4, 0.5) is 0 Å². The van der Waals surface area contributed by atoms with Crippen molar-refractivity contribution < 1.29 is 4.74 Å². The molecule has 0 saturated heterocycles. The zero-order valence-corrected chi connectivity index (χ0v) is 12.1. The molecule has 0 atom stereocenters. The molecule has 0 amide bonds. The second-order valence-corrected chi connectivity index (χ2v) is 5.26. The molecule has 0 aliphatic rings. The molecule has 0 N–H and O–H groups in total. The topological polar surface area (TPSA) is 26.5 Å². The molecule has 0 aliphatic carbocycles. The predicted octanol–water partition coefficient (Wildman–Crippen LogP) is 3.70. The van der Waals surface area contributed by atoms with Crippen molar-refractivity contribution >= 4 is 21.6 Å². The molecule has 0 bridgehead atoms. The lowest BCUT2D eigenvalue weighted by atomic mass is 10.1. The first-order chi connectivity index (χ1) is 9.26. The van der Waals surface area contributed by atoms with Crippen molar-refractivity contribution in [3.63, 3.8) is 0 Å². The number of pyridine rings is 1. The lowest BCUT2D eigenvalue weighted by molar-refractivity contribution is 0.417. The molecule has 0 fully saturated rings. The zero-order valence-electron chi connectivity index (χ0n) is 10.5. The van der Waals surface area contributed by atoms with Crippen molar-refractivity contribution in [2.75, 3.05) is 7.11 Å². The third-order valence-corrected chi connectivity index (χ3v) is 3.48. The second-order valence-electron chi connectivity index (χ2n) is 4.35. The first-order valence-corrected chi connectivity index (χ1v) is 6.80. The molecule has 0 saturated carbocycles. The summed E-state index contributed by atoms with van der Waals surface area (Å²) in [6.45, 7) is 0. The Morgan fingerprint density at radius 1 is 1.26 bits per heavy atom. The average Bonchev–Trinajstić information content (AvgIpc) is 2.80. The van der Waals surface area contributed by atoms with Crippen LogP contribution in [0.5, 0.6) is 5.75 Å². The Bertz CT molecular complexity index is 721. The monoisotopic (exact) mass is 316 g/mol. The molecule has 2 heterocycles. The number of hydrogen-bond acceptors (Lipinski definition) is 2. The molecule has 0 spiro atoms. The van der Waals surface area contributed by atoms with Crippen molar-refractivity contribution in [3.05, 3.63) is 64.5 Å². The predicted molar refractivity (Wildman–Crippen MR) is 78.7 cm³/mol. The quantitative estimate of drug-likeness (QED) is 0.736. The van der Waals surface area contributed by atoms with Gasteiger partial charge in [0.25, 0.3) is 0 Å². The van der Waals surface area contributed by atoms with Crippen molar-refractivity contribution in [3.8, 4) is 5.75 Å². The van der Waals surface area contributed by atoms with Crippen molar-refractivity contribution in [1.29, 1.82) is 0 Å². The van der Waals surface area contributed by atoms with Crippen LogP contribution in [0, 0.1) is 0 Å². The molecule has 3 rings (SSSR count). The van der Waals surface area contributed by atoms with E-state index in [4.69, 9.17) is 4.74 Å². The largest absolute Gasteiger partial charge is 0.493 e. The number of imidazole rings is 1. The number of aromatic nitrogens is 2. The van der Waals surface area contributed by atoms with Gasteiger partial charge in [0.15, 0.2) is 11.4 Å². The van der Waals surface area contributed by atoms with Crippen LogP contribution >= 0.6 is 15.9 Å². The van der Waals surface area contributed by atoms with E-state index in [2.05, 4.69) is 33.0 Å². The molecule has 0 unspecified atom stereocenters. The summed E-state index contributed by atoms with van der Waals surface area (Å²) in [7, 11) is 1.66. The molecular weight excluding hydrogens is 304 g/mol. The third kappa shape index (κ3) is 2.49. The van der Waals surface area contributed by atoms with E-state index < -0.39 is 0 Å². The summed E-state index contributed by atoms with van der Waals surface area (Å²) in [6.07, 6.45) is 4.83. The molecule has 96 valence electrons. The maximum Gasteiger partial charge on any atom is 0.179 e. The van der Waals surface area contributed by atoms with Gasteiger partial charge in [0.1, 0.15) is 0 Å². The van der Waals surface area contributed by atoms with Gasteiger partial charge in [-0.25, -0.2) is 4.98 Å². The van der Waals surface area contributed by atoms with E-state index in [9.17, 15) is 0 Å². The SMILES string of the molecule is COc1cccn2cc(Cc3cccc(Br)c3)nc12. The fraction of sp³-hybridized carbons (Fsp3) is 0.133. The van der Waals surface area contributed by atoms with Gasteiger partial charge in [-0.1, -0.05) is 28.1 Å². The van der Waals surface area contributed by atoms with Crippen LogP contribution in [0.15, 0.2) is 53.3 Å². The van der Waals surface area contributed by atoms with Crippen LogP contribution in [-0.4, -0.2) is 16.5 Å². The van der Waals surface area contributed by atoms with Gasteiger partial charge in [0.05, 0.1) is 12.8 Å². The normalized spacial score (nSPS) is 10.8. The minimum absolute atomic E-state index is 0.794. The minimum atomic E-state index is 0.794. The van der Waals surface area contributed by atoms with E-state index >= 15 is 0 Å². The summed E-state index contributed by atoms with van der Waals surface area (Å²) in [6, 6.07) is 12.2. The molecular formula is C15H13BrN2O. The molecule has 2 aromatic heterocycles. The fourth-order valence-electron chi connectivity index (χ4n) is 2.14. The van der Waals surface area contributed by atoms with Gasteiger partial charge < -0.3 is 9.14 Å². The van der Waals surface area contributed by atoms with Gasteiger partial charge in [-0.15, -0.1) is 0 Å². The van der Waals surface area contributed by atoms with E-state index in [1.165, 1.54) is 5.56 Å². The number of methoxy groups -OCH3 is 1. The maximum absolute atomic E-state index is 5.32. The number of fused-ring (bicyclic) bond motifs is 1. The van der Waals surface area contributed by atoms with Crippen LogP contribution in [0.3, 0.4) is 0 Å². The third-order valence-electron chi connectivity index (χ3n) is 2.99. The second kappa shape index (κ2) is 5.05. The molecule has 1 aromatic carbocycles. The summed E-state index contributed by atoms with van der Waals surface area (Å²) in [5, 5.41) is 0. The Balaban J connectivity index is 1.98. The molecule has 3 aromatic rings. The van der Waals surface area contributed by atoms with Gasteiger partial charge >= 0.3 is 0 Å². The zero-order chi connectivity index (χ0) is 13.2. The van der Waals surface area contributed by atoms with Crippen molar-refractivity contribution in [2.45, 2.75) is 6.42 Å². The van der Waals surface area contributed by atoms with Gasteiger partial charge in [-0.05, 0) is 29.8 Å². The van der Waals surface area contributed by atoms with Crippen LogP contribution in [0.1, 0.15) is 11.3 Å². The van der Waals surface area contributed by atoms with Gasteiger partial charge in [0, 0.05) is 23.3 Å². The van der Waals surface area contributed by atoms with Crippen LogP contribution < -0.4 is 4.74 Å². The minimum Gasteiger partial charge on any atom is -0.493 e. The van der Waals surface area contributed by atoms with E-state index in [0.717, 1.165) is 28.0 Å². The average molecular weight is 317 g/mol. The maximum atomic E-state index is 5.32. The number of benzene rings is 1. The summed E-state index contributed by atoms with van der Waals surface area (Å²) in [5.41, 5.74) is 3.12. The number of ether oxygens (including phenoxy) is 1. The summed E-state index contributed by atoms with van der Waals surface area (Å²) >= 11 is 3.49. The van der Waals surface area contributed by atoms with Gasteiger partial charge in [0.2, 0.25) is 0 Å². The van der Waals surface area contributed by atoms with Crippen LogP contribution in [-0.2, 0) is 6.42 Å². The van der Waals surface area contributed by atoms with Crippen LogP contribution in [0.2, 0.25) is 0 Å². The summed E-state index contributed by atoms with van der Waals surface area (Å²) in [4.78, 5) is 4.63. The Morgan fingerprint density at radius 2 is 2.16 bits per heavy atom. The Labute approximate surface area is 120 Å². The van der Waals surface area contributed by atoms with E-state index in [-0.39, 0.29) is 0 Å². The number of nitrogens with zero attached hydrogens (tertiary/aromatic N) is 2. The van der Waals surface area contributed by atoms with Gasteiger partial charge in [-0.2, -0.15) is 0 Å². The number of rotatable bonds is 3. The molecule has 3 nitrogen and oxygen atoms in total. The lowest BCUT2D eigenvalue weighted by Crippen LogP contribution is -1.89. The van der Waals surface area contributed by atoms with E-state index in [1.54, 1.807) is 7.11 Å². The van der Waals surface area contributed by atoms with Crippen molar-refractivity contribution in [1.82, 2.24) is 9.38 Å². The highest BCUT2D eigenvalue weighted by Crippen LogP contribution is 2.20. The highest BCUT2D eigenvalue weighted by molar-refractivity contribution is 9.10. The molecule has 4 heteroatoms. The summed E-state index contributed by atoms with van der Waals surface area (Å²) < 4.78 is 8.40. The Kier molecular flexibility index (Phi) is 3.25. The summed E-state index contributed by atoms with van der Waals surface area (Å²) in [5.74, 6) is 0.794. The highest BCUT2D eigenvalue weighted by atomic mass is 79.9. The van der Waals surface area contributed by atoms with Gasteiger partial charge in [-0.3, -0.25) is 0 Å². The lowest BCUT2D eigenvalue weighted by Gasteiger charge is -1.99. The van der Waals surface area contributed by atoms with E-state index in [1.807, 2.05) is 41.1 Å².